The van der Waals surface area contributed by atoms with Crippen molar-refractivity contribution in [3.05, 3.63) is 96.0 Å². The summed E-state index contributed by atoms with van der Waals surface area (Å²) in [5.41, 5.74) is 3.18. The Morgan fingerprint density at radius 2 is 1.95 bits per heavy atom. The molecule has 10 heteroatoms. The molecule has 40 heavy (non-hydrogen) atoms. The summed E-state index contributed by atoms with van der Waals surface area (Å²) in [5, 5.41) is 15.3. The number of carbonyl (C=O) groups excluding carboxylic acids is 1. The number of nitrogens with one attached hydrogen (secondary N) is 1. The summed E-state index contributed by atoms with van der Waals surface area (Å²) in [6, 6.07) is 15.1. The van der Waals surface area contributed by atoms with Crippen LogP contribution in [0.5, 0.6) is 0 Å². The lowest BCUT2D eigenvalue weighted by Crippen LogP contribution is -2.27. The number of halogens is 2. The third kappa shape index (κ3) is 6.06. The van der Waals surface area contributed by atoms with Gasteiger partial charge < -0.3 is 9.73 Å². The number of fused-ring (bicyclic) bond motifs is 1. The van der Waals surface area contributed by atoms with Crippen LogP contribution in [0.25, 0.3) is 11.3 Å². The normalized spacial score (nSPS) is 15.3. The second-order valence-corrected chi connectivity index (χ2v) is 13.2. The Labute approximate surface area is 249 Å². The first kappa shape index (κ1) is 28.3. The summed E-state index contributed by atoms with van der Waals surface area (Å²) in [4.78, 5) is 30.1. The van der Waals surface area contributed by atoms with E-state index in [9.17, 15) is 14.9 Å². The van der Waals surface area contributed by atoms with E-state index in [1.54, 1.807) is 60.0 Å². The van der Waals surface area contributed by atoms with Gasteiger partial charge in [0.1, 0.15) is 16.5 Å². The molecule has 7 nitrogen and oxygen atoms in total. The van der Waals surface area contributed by atoms with Crippen molar-refractivity contribution >= 4 is 67.4 Å². The summed E-state index contributed by atoms with van der Waals surface area (Å²) >= 11 is 11.0. The number of nitro groups is 1. The number of anilines is 1. The number of non-ortho nitro benzene ring substituents is 1. The Morgan fingerprint density at radius 3 is 2.62 bits per heavy atom. The van der Waals surface area contributed by atoms with E-state index >= 15 is 0 Å². The van der Waals surface area contributed by atoms with Crippen LogP contribution in [0.15, 0.2) is 68.5 Å². The first-order valence-electron chi connectivity index (χ1n) is 12.8. The van der Waals surface area contributed by atoms with E-state index in [1.807, 2.05) is 0 Å². The van der Waals surface area contributed by atoms with Gasteiger partial charge in [-0.2, -0.15) is 0 Å². The minimum atomic E-state index is -0.445. The summed E-state index contributed by atoms with van der Waals surface area (Å²) in [7, 11) is 0. The van der Waals surface area contributed by atoms with Crippen molar-refractivity contribution in [1.29, 1.82) is 0 Å². The second-order valence-electron chi connectivity index (χ2n) is 10.8. The number of furan rings is 1. The van der Waals surface area contributed by atoms with Crippen LogP contribution in [0.2, 0.25) is 5.02 Å². The maximum absolute atomic E-state index is 13.6. The second kappa shape index (κ2) is 11.3. The van der Waals surface area contributed by atoms with Gasteiger partial charge in [0.15, 0.2) is 0 Å². The van der Waals surface area contributed by atoms with Gasteiger partial charge in [0.25, 0.3) is 11.6 Å². The number of thiophene rings is 1. The molecule has 1 N–H and O–H groups in total. The van der Waals surface area contributed by atoms with Gasteiger partial charge in [0.2, 0.25) is 0 Å². The molecular weight excluding hydrogens is 614 g/mol. The smallest absolute Gasteiger partial charge is 0.270 e. The molecular formula is C30H27BrClN3O4S. The monoisotopic (exact) mass is 639 g/mol. The van der Waals surface area contributed by atoms with Crippen molar-refractivity contribution < 1.29 is 14.1 Å². The van der Waals surface area contributed by atoms with Gasteiger partial charge in [-0.1, -0.05) is 32.4 Å². The van der Waals surface area contributed by atoms with Crippen molar-refractivity contribution in [3.63, 3.8) is 0 Å². The fraction of sp³-hybridized carbons (Fsp3) is 0.267. The highest BCUT2D eigenvalue weighted by Gasteiger charge is 2.33. The van der Waals surface area contributed by atoms with Crippen LogP contribution in [-0.2, 0) is 12.8 Å². The topological polar surface area (TPSA) is 97.7 Å². The average Bonchev–Trinajstić information content (AvgIpc) is 3.52. The van der Waals surface area contributed by atoms with E-state index in [0.29, 0.717) is 48.7 Å². The molecule has 1 amide bonds. The number of hydrogen-bond acceptors (Lipinski definition) is 6. The zero-order valence-electron chi connectivity index (χ0n) is 22.2. The summed E-state index contributed by atoms with van der Waals surface area (Å²) < 4.78 is 6.54. The van der Waals surface area contributed by atoms with Crippen molar-refractivity contribution in [2.75, 3.05) is 5.32 Å². The van der Waals surface area contributed by atoms with Crippen LogP contribution in [0, 0.1) is 21.4 Å². The van der Waals surface area contributed by atoms with E-state index in [0.717, 1.165) is 24.8 Å². The molecule has 0 spiro atoms. The van der Waals surface area contributed by atoms with Crippen LogP contribution < -0.4 is 5.32 Å². The van der Waals surface area contributed by atoms with Crippen LogP contribution in [0.1, 0.15) is 53.8 Å². The van der Waals surface area contributed by atoms with Crippen molar-refractivity contribution in [1.82, 2.24) is 0 Å². The minimum absolute atomic E-state index is 0.0104. The molecule has 2 aromatic heterocycles. The summed E-state index contributed by atoms with van der Waals surface area (Å²) in [6.07, 6.45) is 4.37. The molecule has 1 atom stereocenters. The molecule has 0 saturated carbocycles. The quantitative estimate of drug-likeness (QED) is 0.129. The van der Waals surface area contributed by atoms with Crippen molar-refractivity contribution in [2.45, 2.75) is 40.0 Å². The molecule has 0 fully saturated rings. The standard InChI is InChI=1S/C30H27BrClN3O4S/c1-30(2,3)17-4-11-23-26(14-17)40-29(27(23)28(36)34-19-7-5-18(32)6-8-19)33-16-21-10-13-25(39-21)22-12-9-20(35(37)38)15-24(22)31/h5-10,12-13,15-17H,4,11,14H2,1-3H3,(H,34,36)/t17-/m0/s1. The predicted octanol–water partition coefficient (Wildman–Crippen LogP) is 9.49. The van der Waals surface area contributed by atoms with E-state index in [2.05, 4.69) is 42.0 Å². The SMILES string of the molecule is CC(C)(C)[C@H]1CCc2c(sc(N=Cc3ccc(-c4ccc([N+](=O)[O-])cc4Br)o3)c2C(=O)Nc2ccc(Cl)cc2)C1. The third-order valence-electron chi connectivity index (χ3n) is 7.17. The molecule has 0 unspecified atom stereocenters. The van der Waals surface area contributed by atoms with Crippen molar-refractivity contribution in [2.24, 2.45) is 16.3 Å². The Kier molecular flexibility index (Phi) is 7.99. The zero-order chi connectivity index (χ0) is 28.6. The first-order valence-corrected chi connectivity index (χ1v) is 14.8. The number of benzene rings is 2. The molecule has 0 aliphatic heterocycles. The van der Waals surface area contributed by atoms with Crippen LogP contribution in [0.4, 0.5) is 16.4 Å². The lowest BCUT2D eigenvalue weighted by molar-refractivity contribution is -0.384. The molecule has 0 saturated heterocycles. The lowest BCUT2D eigenvalue weighted by atomic mass is 9.72. The lowest BCUT2D eigenvalue weighted by Gasteiger charge is -2.33. The largest absolute Gasteiger partial charge is 0.455 e. The maximum atomic E-state index is 13.6. The zero-order valence-corrected chi connectivity index (χ0v) is 25.3. The maximum Gasteiger partial charge on any atom is 0.270 e. The minimum Gasteiger partial charge on any atom is -0.455 e. The Morgan fingerprint density at radius 1 is 1.20 bits per heavy atom. The van der Waals surface area contributed by atoms with E-state index in [-0.39, 0.29) is 17.0 Å². The first-order chi connectivity index (χ1) is 19.0. The number of amides is 1. The molecule has 0 radical (unpaired) electrons. The highest BCUT2D eigenvalue weighted by molar-refractivity contribution is 9.10. The molecule has 0 bridgehead atoms. The number of rotatable bonds is 6. The van der Waals surface area contributed by atoms with Gasteiger partial charge in [-0.25, -0.2) is 4.99 Å². The number of nitro benzene ring substituents is 1. The molecule has 1 aliphatic carbocycles. The molecule has 2 aromatic carbocycles. The van der Waals surface area contributed by atoms with Gasteiger partial charge >= 0.3 is 0 Å². The summed E-state index contributed by atoms with van der Waals surface area (Å²) in [5.74, 6) is 1.37. The van der Waals surface area contributed by atoms with E-state index < -0.39 is 4.92 Å². The highest BCUT2D eigenvalue weighted by Crippen LogP contribution is 2.45. The van der Waals surface area contributed by atoms with E-state index in [4.69, 9.17) is 21.0 Å². The molecule has 1 aliphatic rings. The van der Waals surface area contributed by atoms with Crippen molar-refractivity contribution in [3.8, 4) is 11.3 Å². The van der Waals surface area contributed by atoms with E-state index in [1.165, 1.54) is 17.0 Å². The fourth-order valence-electron chi connectivity index (χ4n) is 4.87. The number of nitrogens with zero attached hydrogens (tertiary/aromatic N) is 2. The van der Waals surface area contributed by atoms with Gasteiger partial charge in [-0.15, -0.1) is 11.3 Å². The Balaban J connectivity index is 1.46. The average molecular weight is 641 g/mol. The van der Waals surface area contributed by atoms with Gasteiger partial charge in [-0.3, -0.25) is 14.9 Å². The Hall–Kier alpha value is -3.27. The fourth-order valence-corrected chi connectivity index (χ4v) is 6.83. The molecule has 5 rings (SSSR count). The predicted molar refractivity (Wildman–Crippen MR) is 164 cm³/mol. The van der Waals surface area contributed by atoms with Gasteiger partial charge in [0, 0.05) is 37.8 Å². The molecule has 4 aromatic rings. The number of aliphatic imine (C=N–C) groups is 1. The van der Waals surface area contributed by atoms with Crippen LogP contribution >= 0.6 is 38.9 Å². The third-order valence-corrected chi connectivity index (χ3v) is 9.24. The van der Waals surface area contributed by atoms with Crippen LogP contribution in [-0.4, -0.2) is 17.0 Å². The molecule has 2 heterocycles. The highest BCUT2D eigenvalue weighted by atomic mass is 79.9. The number of carbonyl (C=O) groups is 1. The van der Waals surface area contributed by atoms with Gasteiger partial charge in [0.05, 0.1) is 16.7 Å². The molecule has 206 valence electrons. The Bertz CT molecular complexity index is 1620. The van der Waals surface area contributed by atoms with Gasteiger partial charge in [-0.05, 0) is 94.6 Å². The van der Waals surface area contributed by atoms with Crippen LogP contribution in [0.3, 0.4) is 0 Å². The summed E-state index contributed by atoms with van der Waals surface area (Å²) in [6.45, 7) is 6.80. The number of hydrogen-bond donors (Lipinski definition) is 1.